The fraction of sp³-hybridized carbons (Fsp3) is 0.579. The van der Waals surface area contributed by atoms with Crippen LogP contribution >= 0.6 is 11.3 Å². The highest BCUT2D eigenvalue weighted by atomic mass is 32.2. The number of aryl methyl sites for hydroxylation is 1. The molecule has 2 fully saturated rings. The van der Waals surface area contributed by atoms with Crippen LogP contribution in [0.4, 0.5) is 0 Å². The number of thiazole rings is 1. The highest BCUT2D eigenvalue weighted by molar-refractivity contribution is 7.89. The van der Waals surface area contributed by atoms with E-state index in [1.807, 2.05) is 10.3 Å². The first-order valence-corrected chi connectivity index (χ1v) is 12.1. The van der Waals surface area contributed by atoms with Crippen molar-refractivity contribution in [3.63, 3.8) is 0 Å². The number of likely N-dealkylation sites (tertiary alicyclic amines) is 1. The molecule has 0 spiro atoms. The molecule has 1 amide bonds. The van der Waals surface area contributed by atoms with Gasteiger partial charge in [-0.3, -0.25) is 4.79 Å². The minimum Gasteiger partial charge on any atom is -0.345 e. The quantitative estimate of drug-likeness (QED) is 0.759. The summed E-state index contributed by atoms with van der Waals surface area (Å²) in [6.07, 6.45) is 8.18. The Labute approximate surface area is 170 Å². The normalized spacial score (nSPS) is 21.8. The number of rotatable bonds is 4. The molecule has 7 nitrogen and oxygen atoms in total. The molecule has 4 heterocycles. The molecule has 1 unspecified atom stereocenters. The van der Waals surface area contributed by atoms with Gasteiger partial charge in [0.2, 0.25) is 10.0 Å². The van der Waals surface area contributed by atoms with Gasteiger partial charge in [0.15, 0.2) is 0 Å². The molecule has 0 bridgehead atoms. The molecule has 28 heavy (non-hydrogen) atoms. The van der Waals surface area contributed by atoms with Crippen LogP contribution in [0.5, 0.6) is 0 Å². The van der Waals surface area contributed by atoms with Crippen molar-refractivity contribution < 1.29 is 13.2 Å². The number of nitrogens with zero attached hydrogens (tertiary/aromatic N) is 4. The molecule has 1 atom stereocenters. The fourth-order valence-corrected chi connectivity index (χ4v) is 6.46. The van der Waals surface area contributed by atoms with Crippen molar-refractivity contribution in [2.24, 2.45) is 7.05 Å². The van der Waals surface area contributed by atoms with Gasteiger partial charge in [-0.15, -0.1) is 11.3 Å². The van der Waals surface area contributed by atoms with Crippen molar-refractivity contribution in [2.75, 3.05) is 26.2 Å². The van der Waals surface area contributed by atoms with Crippen molar-refractivity contribution in [2.45, 2.75) is 42.9 Å². The maximum atomic E-state index is 13.1. The number of hydrogen-bond acceptors (Lipinski definition) is 5. The Balaban J connectivity index is 1.53. The maximum Gasteiger partial charge on any atom is 0.270 e. The van der Waals surface area contributed by atoms with Gasteiger partial charge in [0.1, 0.15) is 10.6 Å². The predicted molar refractivity (Wildman–Crippen MR) is 108 cm³/mol. The molecule has 0 saturated carbocycles. The van der Waals surface area contributed by atoms with Gasteiger partial charge in [-0.05, 0) is 31.7 Å². The van der Waals surface area contributed by atoms with E-state index in [2.05, 4.69) is 4.98 Å². The number of carbonyl (C=O) groups is 1. The van der Waals surface area contributed by atoms with Gasteiger partial charge >= 0.3 is 0 Å². The second kappa shape index (κ2) is 7.96. The molecule has 0 aromatic carbocycles. The number of carbonyl (C=O) groups excluding carboxylic acids is 1. The van der Waals surface area contributed by atoms with E-state index in [0.717, 1.165) is 37.1 Å². The second-order valence-electron chi connectivity index (χ2n) is 7.60. The molecule has 2 aliphatic heterocycles. The summed E-state index contributed by atoms with van der Waals surface area (Å²) in [6, 6.07) is 1.54. The van der Waals surface area contributed by atoms with Crippen molar-refractivity contribution in [3.05, 3.63) is 34.5 Å². The van der Waals surface area contributed by atoms with Crippen molar-refractivity contribution in [1.82, 2.24) is 18.8 Å². The smallest absolute Gasteiger partial charge is 0.270 e. The first kappa shape index (κ1) is 19.6. The maximum absolute atomic E-state index is 13.1. The van der Waals surface area contributed by atoms with Crippen LogP contribution in [0, 0.1) is 0 Å². The van der Waals surface area contributed by atoms with Crippen LogP contribution in [-0.4, -0.2) is 59.3 Å². The van der Waals surface area contributed by atoms with Gasteiger partial charge in [0, 0.05) is 56.9 Å². The van der Waals surface area contributed by atoms with Crippen molar-refractivity contribution >= 4 is 27.3 Å². The summed E-state index contributed by atoms with van der Waals surface area (Å²) in [5.74, 6) is 0.151. The Morgan fingerprint density at radius 3 is 2.68 bits per heavy atom. The van der Waals surface area contributed by atoms with Gasteiger partial charge in [-0.2, -0.15) is 4.31 Å². The minimum atomic E-state index is -3.54. The summed E-state index contributed by atoms with van der Waals surface area (Å²) in [5, 5.41) is 3.03. The van der Waals surface area contributed by atoms with Gasteiger partial charge in [-0.25, -0.2) is 13.4 Å². The third-order valence-electron chi connectivity index (χ3n) is 5.66. The summed E-state index contributed by atoms with van der Waals surface area (Å²) < 4.78 is 29.1. The summed E-state index contributed by atoms with van der Waals surface area (Å²) in [5.41, 5.74) is 0.426. The topological polar surface area (TPSA) is 75.5 Å². The van der Waals surface area contributed by atoms with E-state index in [-0.39, 0.29) is 16.7 Å². The van der Waals surface area contributed by atoms with Gasteiger partial charge in [-0.1, -0.05) is 6.42 Å². The molecule has 2 aromatic heterocycles. The third kappa shape index (κ3) is 3.75. The Kier molecular flexibility index (Phi) is 5.57. The first-order chi connectivity index (χ1) is 13.5. The van der Waals surface area contributed by atoms with Crippen molar-refractivity contribution in [3.8, 4) is 0 Å². The molecule has 152 valence electrons. The minimum absolute atomic E-state index is 0.108. The van der Waals surface area contributed by atoms with Crippen LogP contribution in [0.25, 0.3) is 0 Å². The zero-order valence-electron chi connectivity index (χ0n) is 16.1. The lowest BCUT2D eigenvalue weighted by molar-refractivity contribution is 0.0697. The van der Waals surface area contributed by atoms with Crippen molar-refractivity contribution in [1.29, 1.82) is 0 Å². The van der Waals surface area contributed by atoms with Crippen LogP contribution < -0.4 is 0 Å². The monoisotopic (exact) mass is 422 g/mol. The lowest BCUT2D eigenvalue weighted by atomic mass is 9.98. The molecule has 4 rings (SSSR count). The van der Waals surface area contributed by atoms with Gasteiger partial charge < -0.3 is 9.47 Å². The number of aromatic nitrogens is 2. The van der Waals surface area contributed by atoms with Gasteiger partial charge in [0.05, 0.1) is 5.01 Å². The third-order valence-corrected chi connectivity index (χ3v) is 8.46. The van der Waals surface area contributed by atoms with Crippen LogP contribution in [0.15, 0.2) is 28.7 Å². The number of piperidine rings is 2. The Bertz CT molecular complexity index is 931. The van der Waals surface area contributed by atoms with E-state index in [0.29, 0.717) is 31.9 Å². The van der Waals surface area contributed by atoms with Crippen LogP contribution in [0.1, 0.15) is 53.5 Å². The highest BCUT2D eigenvalue weighted by Gasteiger charge is 2.31. The molecule has 0 aliphatic carbocycles. The van der Waals surface area contributed by atoms with Gasteiger partial charge in [0.25, 0.3) is 5.91 Å². The lowest BCUT2D eigenvalue weighted by Crippen LogP contribution is -2.39. The molecule has 0 N–H and O–H groups in total. The van der Waals surface area contributed by atoms with E-state index in [4.69, 9.17) is 0 Å². The molecule has 0 radical (unpaired) electrons. The largest absolute Gasteiger partial charge is 0.345 e. The number of amides is 1. The molecule has 2 saturated heterocycles. The van der Waals surface area contributed by atoms with Crippen LogP contribution in [0.2, 0.25) is 0 Å². The average molecular weight is 423 g/mol. The van der Waals surface area contributed by atoms with E-state index in [9.17, 15) is 13.2 Å². The van der Waals surface area contributed by atoms with E-state index in [1.54, 1.807) is 45.7 Å². The zero-order valence-corrected chi connectivity index (χ0v) is 17.7. The fourth-order valence-electron chi connectivity index (χ4n) is 4.10. The molecular formula is C19H26N4O3S2. The SMILES string of the molecule is Cn1cc(S(=O)(=O)N2CCCCC2)cc1C(=O)N1CCCC(c2nccs2)C1. The zero-order chi connectivity index (χ0) is 19.7. The Morgan fingerprint density at radius 2 is 1.96 bits per heavy atom. The first-order valence-electron chi connectivity index (χ1n) is 9.82. The van der Waals surface area contributed by atoms with E-state index < -0.39 is 10.0 Å². The summed E-state index contributed by atoms with van der Waals surface area (Å²) in [4.78, 5) is 19.6. The summed E-state index contributed by atoms with van der Waals surface area (Å²) >= 11 is 1.63. The highest BCUT2D eigenvalue weighted by Crippen LogP contribution is 2.29. The molecule has 2 aliphatic rings. The lowest BCUT2D eigenvalue weighted by Gasteiger charge is -2.31. The van der Waals surface area contributed by atoms with E-state index >= 15 is 0 Å². The number of sulfonamides is 1. The summed E-state index contributed by atoms with van der Waals surface area (Å²) in [7, 11) is -1.80. The van der Waals surface area contributed by atoms with Crippen LogP contribution in [-0.2, 0) is 17.1 Å². The summed E-state index contributed by atoms with van der Waals surface area (Å²) in [6.45, 7) is 2.44. The number of hydrogen-bond donors (Lipinski definition) is 0. The standard InChI is InChI=1S/C19H26N4O3S2/c1-21-14-16(28(25,26)23-9-3-2-4-10-23)12-17(21)19(24)22-8-5-6-15(13-22)18-20-7-11-27-18/h7,11-12,14-15H,2-6,8-10,13H2,1H3. The average Bonchev–Trinajstić information content (AvgIpc) is 3.38. The second-order valence-corrected chi connectivity index (χ2v) is 10.5. The Hall–Kier alpha value is -1.71. The molecular weight excluding hydrogens is 396 g/mol. The molecule has 2 aromatic rings. The van der Waals surface area contributed by atoms with Crippen LogP contribution in [0.3, 0.4) is 0 Å². The Morgan fingerprint density at radius 1 is 1.18 bits per heavy atom. The van der Waals surface area contributed by atoms with E-state index in [1.165, 1.54) is 0 Å². The molecule has 9 heteroatoms. The predicted octanol–water partition coefficient (Wildman–Crippen LogP) is 2.68.